The number of aliphatic carboxylic acids is 1. The predicted octanol–water partition coefficient (Wildman–Crippen LogP) is 0.100. The van der Waals surface area contributed by atoms with E-state index in [2.05, 4.69) is 0 Å². The Balaban J connectivity index is 2.47. The van der Waals surface area contributed by atoms with Gasteiger partial charge in [-0.2, -0.15) is 0 Å². The molecule has 1 aliphatic heterocycles. The molecule has 1 saturated heterocycles. The number of urea groups is 1. The van der Waals surface area contributed by atoms with Crippen LogP contribution in [0.2, 0.25) is 0 Å². The average Bonchev–Trinajstić information content (AvgIpc) is 2.35. The van der Waals surface area contributed by atoms with Crippen LogP contribution in [0.5, 0.6) is 0 Å². The number of amides is 3. The maximum atomic E-state index is 12.1. The number of piperidine rings is 1. The zero-order valence-corrected chi connectivity index (χ0v) is 11.2. The molecule has 1 heterocycles. The van der Waals surface area contributed by atoms with E-state index in [0.29, 0.717) is 26.1 Å². The Labute approximate surface area is 112 Å². The molecule has 0 saturated carbocycles. The number of hydrogen-bond donors (Lipinski definition) is 2. The van der Waals surface area contributed by atoms with Gasteiger partial charge in [0.05, 0.1) is 0 Å². The normalized spacial score (nSPS) is 16.2. The SMILES string of the molecule is CCN(CC(=O)O)C(=O)N1CCC(CC(N)=O)CC1. The van der Waals surface area contributed by atoms with Gasteiger partial charge in [-0.05, 0) is 25.7 Å². The van der Waals surface area contributed by atoms with Gasteiger partial charge in [-0.1, -0.05) is 0 Å². The van der Waals surface area contributed by atoms with Gasteiger partial charge in [0, 0.05) is 26.1 Å². The van der Waals surface area contributed by atoms with E-state index in [9.17, 15) is 14.4 Å². The highest BCUT2D eigenvalue weighted by atomic mass is 16.4. The van der Waals surface area contributed by atoms with Crippen LogP contribution in [0.25, 0.3) is 0 Å². The number of hydrogen-bond acceptors (Lipinski definition) is 3. The Morgan fingerprint density at radius 1 is 1.32 bits per heavy atom. The van der Waals surface area contributed by atoms with Crippen molar-refractivity contribution in [2.75, 3.05) is 26.2 Å². The van der Waals surface area contributed by atoms with Crippen molar-refractivity contribution in [1.82, 2.24) is 9.80 Å². The Morgan fingerprint density at radius 2 is 1.89 bits per heavy atom. The number of carboxylic acids is 1. The van der Waals surface area contributed by atoms with Crippen LogP contribution < -0.4 is 5.73 Å². The molecule has 108 valence electrons. The molecule has 0 aromatic rings. The van der Waals surface area contributed by atoms with Gasteiger partial charge in [0.1, 0.15) is 6.54 Å². The van der Waals surface area contributed by atoms with E-state index in [1.54, 1.807) is 11.8 Å². The number of nitrogens with zero attached hydrogens (tertiary/aromatic N) is 2. The van der Waals surface area contributed by atoms with Gasteiger partial charge in [-0.25, -0.2) is 4.79 Å². The second kappa shape index (κ2) is 6.96. The molecule has 0 aliphatic carbocycles. The third-order valence-corrected chi connectivity index (χ3v) is 3.35. The summed E-state index contributed by atoms with van der Waals surface area (Å²) in [7, 11) is 0. The van der Waals surface area contributed by atoms with Crippen molar-refractivity contribution >= 4 is 17.9 Å². The molecule has 0 radical (unpaired) electrons. The summed E-state index contributed by atoms with van der Waals surface area (Å²) in [6.07, 6.45) is 1.83. The van der Waals surface area contributed by atoms with Crippen molar-refractivity contribution in [3.8, 4) is 0 Å². The first kappa shape index (κ1) is 15.3. The van der Waals surface area contributed by atoms with E-state index in [0.717, 1.165) is 12.8 Å². The maximum absolute atomic E-state index is 12.1. The first-order valence-corrected chi connectivity index (χ1v) is 6.48. The second-order valence-corrected chi connectivity index (χ2v) is 4.79. The molecular formula is C12H21N3O4. The number of rotatable bonds is 5. The molecule has 0 atom stereocenters. The number of nitrogens with two attached hydrogens (primary N) is 1. The van der Waals surface area contributed by atoms with Crippen LogP contribution in [0.3, 0.4) is 0 Å². The van der Waals surface area contributed by atoms with Crippen LogP contribution in [0.15, 0.2) is 0 Å². The lowest BCUT2D eigenvalue weighted by molar-refractivity contribution is -0.137. The van der Waals surface area contributed by atoms with E-state index < -0.39 is 5.97 Å². The highest BCUT2D eigenvalue weighted by molar-refractivity contribution is 5.80. The molecular weight excluding hydrogens is 250 g/mol. The molecule has 3 N–H and O–H groups in total. The minimum Gasteiger partial charge on any atom is -0.480 e. The standard InChI is InChI=1S/C12H21N3O4/c1-2-14(8-11(17)18)12(19)15-5-3-9(4-6-15)7-10(13)16/h9H,2-8H2,1H3,(H2,13,16)(H,17,18). The van der Waals surface area contributed by atoms with E-state index in [4.69, 9.17) is 10.8 Å². The Morgan fingerprint density at radius 3 is 2.32 bits per heavy atom. The minimum atomic E-state index is -1.01. The molecule has 1 rings (SSSR count). The van der Waals surface area contributed by atoms with Crippen molar-refractivity contribution in [2.24, 2.45) is 11.7 Å². The Kier molecular flexibility index (Phi) is 5.59. The third kappa shape index (κ3) is 4.76. The minimum absolute atomic E-state index is 0.233. The van der Waals surface area contributed by atoms with E-state index in [1.165, 1.54) is 4.90 Å². The maximum Gasteiger partial charge on any atom is 0.323 e. The third-order valence-electron chi connectivity index (χ3n) is 3.35. The van der Waals surface area contributed by atoms with Crippen molar-refractivity contribution in [3.05, 3.63) is 0 Å². The topological polar surface area (TPSA) is 104 Å². The average molecular weight is 271 g/mol. The van der Waals surface area contributed by atoms with Gasteiger partial charge in [-0.3, -0.25) is 9.59 Å². The summed E-state index contributed by atoms with van der Waals surface area (Å²) in [5.74, 6) is -1.10. The molecule has 0 unspecified atom stereocenters. The Hall–Kier alpha value is -1.79. The molecule has 0 bridgehead atoms. The highest BCUT2D eigenvalue weighted by Crippen LogP contribution is 2.20. The molecule has 19 heavy (non-hydrogen) atoms. The molecule has 7 heteroatoms. The quantitative estimate of drug-likeness (QED) is 0.740. The lowest BCUT2D eigenvalue weighted by Crippen LogP contribution is -2.48. The van der Waals surface area contributed by atoms with Crippen molar-refractivity contribution in [2.45, 2.75) is 26.2 Å². The number of carboxylic acid groups (broad SMARTS) is 1. The van der Waals surface area contributed by atoms with Gasteiger partial charge >= 0.3 is 12.0 Å². The molecule has 1 aliphatic rings. The summed E-state index contributed by atoms with van der Waals surface area (Å²) >= 11 is 0. The van der Waals surface area contributed by atoms with Gasteiger partial charge in [0.15, 0.2) is 0 Å². The van der Waals surface area contributed by atoms with Crippen LogP contribution in [0, 0.1) is 5.92 Å². The predicted molar refractivity (Wildman–Crippen MR) is 68.4 cm³/mol. The Bertz CT molecular complexity index is 351. The number of carbonyl (C=O) groups excluding carboxylic acids is 2. The number of primary amides is 1. The molecule has 7 nitrogen and oxygen atoms in total. The first-order valence-electron chi connectivity index (χ1n) is 6.48. The first-order chi connectivity index (χ1) is 8.93. The molecule has 3 amide bonds. The summed E-state index contributed by atoms with van der Waals surface area (Å²) in [5.41, 5.74) is 5.15. The summed E-state index contributed by atoms with van der Waals surface area (Å²) in [4.78, 5) is 36.5. The monoisotopic (exact) mass is 271 g/mol. The van der Waals surface area contributed by atoms with Gasteiger partial charge in [-0.15, -0.1) is 0 Å². The van der Waals surface area contributed by atoms with Crippen LogP contribution in [0.4, 0.5) is 4.79 Å². The van der Waals surface area contributed by atoms with Crippen LogP contribution >= 0.6 is 0 Å². The van der Waals surface area contributed by atoms with Crippen molar-refractivity contribution < 1.29 is 19.5 Å². The lowest BCUT2D eigenvalue weighted by atomic mass is 9.93. The molecule has 0 spiro atoms. The molecule has 0 aromatic heterocycles. The largest absolute Gasteiger partial charge is 0.480 e. The van der Waals surface area contributed by atoms with Crippen molar-refractivity contribution in [1.29, 1.82) is 0 Å². The van der Waals surface area contributed by atoms with E-state index in [-0.39, 0.29) is 24.4 Å². The summed E-state index contributed by atoms with van der Waals surface area (Å²) in [5, 5.41) is 8.74. The van der Waals surface area contributed by atoms with Crippen LogP contribution in [-0.2, 0) is 9.59 Å². The van der Waals surface area contributed by atoms with Crippen LogP contribution in [-0.4, -0.2) is 59.0 Å². The summed E-state index contributed by atoms with van der Waals surface area (Å²) < 4.78 is 0. The number of likely N-dealkylation sites (N-methyl/N-ethyl adjacent to an activating group) is 1. The van der Waals surface area contributed by atoms with Gasteiger partial charge in [0.2, 0.25) is 5.91 Å². The van der Waals surface area contributed by atoms with Gasteiger partial charge < -0.3 is 20.6 Å². The fourth-order valence-corrected chi connectivity index (χ4v) is 2.29. The van der Waals surface area contributed by atoms with E-state index >= 15 is 0 Å². The molecule has 1 fully saturated rings. The fourth-order valence-electron chi connectivity index (χ4n) is 2.29. The fraction of sp³-hybridized carbons (Fsp3) is 0.750. The molecule has 0 aromatic carbocycles. The van der Waals surface area contributed by atoms with Crippen molar-refractivity contribution in [3.63, 3.8) is 0 Å². The van der Waals surface area contributed by atoms with E-state index in [1.807, 2.05) is 0 Å². The second-order valence-electron chi connectivity index (χ2n) is 4.79. The van der Waals surface area contributed by atoms with Crippen LogP contribution in [0.1, 0.15) is 26.2 Å². The summed E-state index contributed by atoms with van der Waals surface area (Å²) in [6.45, 7) is 2.93. The summed E-state index contributed by atoms with van der Waals surface area (Å²) in [6, 6.07) is -0.248. The zero-order valence-electron chi connectivity index (χ0n) is 11.2. The van der Waals surface area contributed by atoms with Gasteiger partial charge in [0.25, 0.3) is 0 Å². The highest BCUT2D eigenvalue weighted by Gasteiger charge is 2.27. The number of carbonyl (C=O) groups is 3. The lowest BCUT2D eigenvalue weighted by Gasteiger charge is -2.34. The smallest absolute Gasteiger partial charge is 0.323 e. The zero-order chi connectivity index (χ0) is 14.4. The number of likely N-dealkylation sites (tertiary alicyclic amines) is 1.